The third kappa shape index (κ3) is 4.58. The summed E-state index contributed by atoms with van der Waals surface area (Å²) in [7, 11) is 4.69. The Balaban J connectivity index is 1.70. The Kier molecular flexibility index (Phi) is 6.65. The van der Waals surface area contributed by atoms with Gasteiger partial charge in [-0.05, 0) is 60.0 Å². The second-order valence-electron chi connectivity index (χ2n) is 7.55. The molecule has 0 spiro atoms. The van der Waals surface area contributed by atoms with Crippen LogP contribution in [0.1, 0.15) is 22.8 Å². The fourth-order valence-electron chi connectivity index (χ4n) is 3.95. The number of phenolic OH excluding ortho intramolecular Hbond substituents is 1. The van der Waals surface area contributed by atoms with Crippen LogP contribution in [0.2, 0.25) is 0 Å². The average Bonchev–Trinajstić information content (AvgIpc) is 2.99. The highest BCUT2D eigenvalue weighted by Crippen LogP contribution is 2.47. The van der Waals surface area contributed by atoms with Crippen molar-refractivity contribution in [2.75, 3.05) is 32.8 Å². The summed E-state index contributed by atoms with van der Waals surface area (Å²) in [5.74, 6) is 1.29. The highest BCUT2D eigenvalue weighted by Gasteiger charge is 2.25. The van der Waals surface area contributed by atoms with Crippen LogP contribution in [0.3, 0.4) is 0 Å². The Labute approximate surface area is 191 Å². The average molecular weight is 456 g/mol. The number of phenols is 1. The SMILES string of the molecule is COc1ccc2c(c1)S[C@H](c1cccc(F)c1)CCN2Cc1cc(OC)c(O)c(OC)c1. The van der Waals surface area contributed by atoms with E-state index in [1.807, 2.05) is 30.3 Å². The predicted molar refractivity (Wildman–Crippen MR) is 125 cm³/mol. The molecule has 0 aromatic heterocycles. The van der Waals surface area contributed by atoms with Crippen molar-refractivity contribution in [3.8, 4) is 23.0 Å². The minimum absolute atomic E-state index is 0.0125. The van der Waals surface area contributed by atoms with Gasteiger partial charge < -0.3 is 24.2 Å². The molecule has 0 bridgehead atoms. The second-order valence-corrected chi connectivity index (χ2v) is 8.80. The summed E-state index contributed by atoms with van der Waals surface area (Å²) in [6, 6.07) is 16.5. The van der Waals surface area contributed by atoms with Crippen molar-refractivity contribution < 1.29 is 23.7 Å². The summed E-state index contributed by atoms with van der Waals surface area (Å²) >= 11 is 1.72. The lowest BCUT2D eigenvalue weighted by Gasteiger charge is -2.25. The van der Waals surface area contributed by atoms with Crippen LogP contribution in [0.25, 0.3) is 0 Å². The minimum atomic E-state index is -0.224. The zero-order valence-electron chi connectivity index (χ0n) is 18.3. The van der Waals surface area contributed by atoms with Crippen LogP contribution in [-0.2, 0) is 6.54 Å². The third-order valence-electron chi connectivity index (χ3n) is 5.57. The lowest BCUT2D eigenvalue weighted by atomic mass is 10.1. The van der Waals surface area contributed by atoms with Crippen molar-refractivity contribution in [3.63, 3.8) is 0 Å². The summed E-state index contributed by atoms with van der Waals surface area (Å²) in [5, 5.41) is 10.4. The Morgan fingerprint density at radius 3 is 2.41 bits per heavy atom. The Morgan fingerprint density at radius 2 is 1.75 bits per heavy atom. The summed E-state index contributed by atoms with van der Waals surface area (Å²) in [5.41, 5.74) is 3.01. The summed E-state index contributed by atoms with van der Waals surface area (Å²) < 4.78 is 30.0. The number of methoxy groups -OCH3 is 3. The van der Waals surface area contributed by atoms with E-state index in [1.165, 1.54) is 20.3 Å². The number of nitrogens with zero attached hydrogens (tertiary/aromatic N) is 1. The summed E-state index contributed by atoms with van der Waals surface area (Å²) in [6.45, 7) is 1.38. The van der Waals surface area contributed by atoms with Crippen molar-refractivity contribution in [1.82, 2.24) is 0 Å². The molecule has 1 atom stereocenters. The Hall–Kier alpha value is -3.06. The molecule has 1 aliphatic rings. The molecule has 168 valence electrons. The van der Waals surface area contributed by atoms with Crippen molar-refractivity contribution >= 4 is 17.4 Å². The van der Waals surface area contributed by atoms with Gasteiger partial charge in [-0.25, -0.2) is 4.39 Å². The van der Waals surface area contributed by atoms with E-state index in [2.05, 4.69) is 11.0 Å². The molecule has 0 fully saturated rings. The van der Waals surface area contributed by atoms with E-state index >= 15 is 0 Å². The lowest BCUT2D eigenvalue weighted by Crippen LogP contribution is -2.24. The van der Waals surface area contributed by atoms with Gasteiger partial charge in [0.1, 0.15) is 11.6 Å². The summed E-state index contributed by atoms with van der Waals surface area (Å²) in [4.78, 5) is 3.36. The fourth-order valence-corrected chi connectivity index (χ4v) is 5.26. The lowest BCUT2D eigenvalue weighted by molar-refractivity contribution is 0.339. The first kappa shape index (κ1) is 22.1. The zero-order chi connectivity index (χ0) is 22.7. The number of aromatic hydroxyl groups is 1. The van der Waals surface area contributed by atoms with Gasteiger partial charge in [-0.1, -0.05) is 12.1 Å². The maximum Gasteiger partial charge on any atom is 0.200 e. The van der Waals surface area contributed by atoms with Crippen LogP contribution in [0.15, 0.2) is 59.5 Å². The standard InChI is InChI=1S/C25H26FNO4S/c1-29-19-7-8-20-24(14-19)32-23(17-5-4-6-18(26)13-17)9-10-27(20)15-16-11-21(30-2)25(28)22(12-16)31-3/h4-8,11-14,23,28H,9-10,15H2,1-3H3/t23-/m0/s1. The smallest absolute Gasteiger partial charge is 0.200 e. The molecule has 0 radical (unpaired) electrons. The molecule has 1 heterocycles. The second kappa shape index (κ2) is 9.61. The first-order valence-corrected chi connectivity index (χ1v) is 11.2. The van der Waals surface area contributed by atoms with Crippen LogP contribution in [-0.4, -0.2) is 33.0 Å². The molecule has 32 heavy (non-hydrogen) atoms. The van der Waals surface area contributed by atoms with Gasteiger partial charge in [-0.2, -0.15) is 0 Å². The quantitative estimate of drug-likeness (QED) is 0.507. The molecule has 3 aromatic carbocycles. The predicted octanol–water partition coefficient (Wildman–Crippen LogP) is 5.80. The van der Waals surface area contributed by atoms with E-state index in [0.717, 1.165) is 40.4 Å². The van der Waals surface area contributed by atoms with Gasteiger partial charge in [-0.15, -0.1) is 11.8 Å². The van der Waals surface area contributed by atoms with Crippen LogP contribution in [0, 0.1) is 5.82 Å². The van der Waals surface area contributed by atoms with Gasteiger partial charge in [0.2, 0.25) is 5.75 Å². The van der Waals surface area contributed by atoms with Crippen molar-refractivity contribution in [2.45, 2.75) is 23.1 Å². The fraction of sp³-hybridized carbons (Fsp3) is 0.280. The maximum absolute atomic E-state index is 13.9. The van der Waals surface area contributed by atoms with E-state index in [0.29, 0.717) is 18.0 Å². The van der Waals surface area contributed by atoms with E-state index < -0.39 is 0 Å². The molecule has 0 amide bonds. The molecule has 1 aliphatic heterocycles. The largest absolute Gasteiger partial charge is 0.502 e. The molecule has 3 aromatic rings. The van der Waals surface area contributed by atoms with Gasteiger partial charge in [-0.3, -0.25) is 0 Å². The third-order valence-corrected chi connectivity index (χ3v) is 6.94. The molecular formula is C25H26FNO4S. The maximum atomic E-state index is 13.9. The number of thioether (sulfide) groups is 1. The number of ether oxygens (including phenoxy) is 3. The topological polar surface area (TPSA) is 51.2 Å². The molecule has 5 nitrogen and oxygen atoms in total. The summed E-state index contributed by atoms with van der Waals surface area (Å²) in [6.07, 6.45) is 0.845. The van der Waals surface area contributed by atoms with Crippen LogP contribution in [0.4, 0.5) is 10.1 Å². The number of anilines is 1. The molecule has 0 saturated heterocycles. The van der Waals surface area contributed by atoms with Crippen molar-refractivity contribution in [2.24, 2.45) is 0 Å². The molecule has 1 N–H and O–H groups in total. The van der Waals surface area contributed by atoms with Gasteiger partial charge in [0.15, 0.2) is 11.5 Å². The van der Waals surface area contributed by atoms with Crippen LogP contribution < -0.4 is 19.1 Å². The van der Waals surface area contributed by atoms with Crippen molar-refractivity contribution in [1.29, 1.82) is 0 Å². The molecule has 7 heteroatoms. The van der Waals surface area contributed by atoms with Crippen LogP contribution in [0.5, 0.6) is 23.0 Å². The minimum Gasteiger partial charge on any atom is -0.502 e. The van der Waals surface area contributed by atoms with E-state index in [-0.39, 0.29) is 16.8 Å². The van der Waals surface area contributed by atoms with E-state index in [4.69, 9.17) is 14.2 Å². The zero-order valence-corrected chi connectivity index (χ0v) is 19.1. The van der Waals surface area contributed by atoms with Crippen LogP contribution >= 0.6 is 11.8 Å². The Bertz CT molecular complexity index is 1080. The van der Waals surface area contributed by atoms with Gasteiger partial charge in [0.25, 0.3) is 0 Å². The first-order valence-electron chi connectivity index (χ1n) is 10.3. The molecule has 0 aliphatic carbocycles. The number of hydrogen-bond acceptors (Lipinski definition) is 6. The van der Waals surface area contributed by atoms with E-state index in [9.17, 15) is 9.50 Å². The number of fused-ring (bicyclic) bond motifs is 1. The highest BCUT2D eigenvalue weighted by molar-refractivity contribution is 7.99. The highest BCUT2D eigenvalue weighted by atomic mass is 32.2. The monoisotopic (exact) mass is 455 g/mol. The molecular weight excluding hydrogens is 429 g/mol. The number of benzene rings is 3. The van der Waals surface area contributed by atoms with E-state index in [1.54, 1.807) is 31.0 Å². The van der Waals surface area contributed by atoms with Gasteiger partial charge in [0.05, 0.1) is 27.0 Å². The number of rotatable bonds is 6. The Morgan fingerprint density at radius 1 is 1.00 bits per heavy atom. The van der Waals surface area contributed by atoms with Gasteiger partial charge >= 0.3 is 0 Å². The van der Waals surface area contributed by atoms with Crippen molar-refractivity contribution in [3.05, 3.63) is 71.5 Å². The molecule has 0 saturated carbocycles. The molecule has 4 rings (SSSR count). The first-order chi connectivity index (χ1) is 15.5. The molecule has 0 unspecified atom stereocenters. The number of halogens is 1. The van der Waals surface area contributed by atoms with Gasteiger partial charge in [0, 0.05) is 23.2 Å². The normalized spacial score (nSPS) is 15.6. The number of hydrogen-bond donors (Lipinski definition) is 1.